The lowest BCUT2D eigenvalue weighted by atomic mass is 9.94. The van der Waals surface area contributed by atoms with E-state index in [1.54, 1.807) is 0 Å². The Kier molecular flexibility index (Phi) is 8.93. The van der Waals surface area contributed by atoms with Gasteiger partial charge in [-0.1, -0.05) is 26.7 Å². The zero-order chi connectivity index (χ0) is 15.7. The van der Waals surface area contributed by atoms with Crippen LogP contribution in [0.2, 0.25) is 0 Å². The molecule has 2 N–H and O–H groups in total. The maximum atomic E-state index is 12.6. The number of rotatable bonds is 8. The third-order valence-electron chi connectivity index (χ3n) is 4.73. The van der Waals surface area contributed by atoms with Gasteiger partial charge in [0.25, 0.3) is 0 Å². The zero-order valence-corrected chi connectivity index (χ0v) is 14.3. The summed E-state index contributed by atoms with van der Waals surface area (Å²) in [6.45, 7) is 8.19. The molecule has 1 aliphatic heterocycles. The monoisotopic (exact) mass is 297 g/mol. The van der Waals surface area contributed by atoms with Gasteiger partial charge in [0.15, 0.2) is 0 Å². The Balaban J connectivity index is 2.51. The summed E-state index contributed by atoms with van der Waals surface area (Å²) >= 11 is 0. The quantitative estimate of drug-likeness (QED) is 0.749. The normalized spacial score (nSPS) is 22.1. The van der Waals surface area contributed by atoms with Crippen LogP contribution in [0.1, 0.15) is 58.8 Å². The molecule has 1 aliphatic rings. The first-order chi connectivity index (χ1) is 10.1. The fraction of sp³-hybridized carbons (Fsp3) is 0.941. The van der Waals surface area contributed by atoms with Crippen molar-refractivity contribution >= 4 is 5.91 Å². The van der Waals surface area contributed by atoms with E-state index >= 15 is 0 Å². The molecule has 1 rings (SSSR count). The van der Waals surface area contributed by atoms with Gasteiger partial charge in [-0.25, -0.2) is 0 Å². The lowest BCUT2D eigenvalue weighted by molar-refractivity contribution is -0.133. The highest BCUT2D eigenvalue weighted by Crippen LogP contribution is 2.20. The molecular weight excluding hydrogens is 262 g/mol. The van der Waals surface area contributed by atoms with E-state index in [4.69, 9.17) is 5.73 Å². The van der Waals surface area contributed by atoms with Gasteiger partial charge in [0, 0.05) is 25.6 Å². The molecule has 0 aromatic rings. The minimum atomic E-state index is 0.357. The molecule has 0 spiro atoms. The largest absolute Gasteiger partial charge is 0.338 e. The summed E-state index contributed by atoms with van der Waals surface area (Å²) in [5, 5.41) is 0. The maximum Gasteiger partial charge on any atom is 0.222 e. The van der Waals surface area contributed by atoms with Gasteiger partial charge in [0.05, 0.1) is 0 Å². The standard InChI is InChI=1S/C17H35N3O/c1-4-7-15(10-11-18)8-9-17(21)20-13-6-12-19(3)14-16(20)5-2/h15-16H,4-14,18H2,1-3H3. The first-order valence-electron chi connectivity index (χ1n) is 8.80. The summed E-state index contributed by atoms with van der Waals surface area (Å²) in [5.74, 6) is 0.981. The van der Waals surface area contributed by atoms with Crippen molar-refractivity contribution in [1.82, 2.24) is 9.80 Å². The second-order valence-electron chi connectivity index (χ2n) is 6.54. The number of hydrogen-bond donors (Lipinski definition) is 1. The smallest absolute Gasteiger partial charge is 0.222 e. The van der Waals surface area contributed by atoms with Crippen molar-refractivity contribution in [1.29, 1.82) is 0 Å². The third kappa shape index (κ3) is 6.35. The average molecular weight is 297 g/mol. The van der Waals surface area contributed by atoms with Crippen molar-refractivity contribution in [2.24, 2.45) is 11.7 Å². The predicted octanol–water partition coefficient (Wildman–Crippen LogP) is 2.47. The number of carbonyl (C=O) groups excluding carboxylic acids is 1. The van der Waals surface area contributed by atoms with Crippen LogP contribution in [0.15, 0.2) is 0 Å². The molecule has 2 atom stereocenters. The molecule has 0 aromatic carbocycles. The summed E-state index contributed by atoms with van der Waals surface area (Å²) in [5.41, 5.74) is 5.69. The molecule has 0 aromatic heterocycles. The summed E-state index contributed by atoms with van der Waals surface area (Å²) in [6, 6.07) is 0.393. The third-order valence-corrected chi connectivity index (χ3v) is 4.73. The summed E-state index contributed by atoms with van der Waals surface area (Å²) in [7, 11) is 2.16. The fourth-order valence-corrected chi connectivity index (χ4v) is 3.47. The number of likely N-dealkylation sites (N-methyl/N-ethyl adjacent to an activating group) is 1. The zero-order valence-electron chi connectivity index (χ0n) is 14.3. The number of hydrogen-bond acceptors (Lipinski definition) is 3. The molecule has 1 heterocycles. The molecular formula is C17H35N3O. The van der Waals surface area contributed by atoms with E-state index in [0.717, 1.165) is 51.9 Å². The van der Waals surface area contributed by atoms with Gasteiger partial charge in [-0.15, -0.1) is 0 Å². The van der Waals surface area contributed by atoms with Gasteiger partial charge in [-0.2, -0.15) is 0 Å². The van der Waals surface area contributed by atoms with Crippen LogP contribution in [0, 0.1) is 5.92 Å². The molecule has 0 aliphatic carbocycles. The van der Waals surface area contributed by atoms with Crippen molar-refractivity contribution in [2.45, 2.75) is 64.8 Å². The van der Waals surface area contributed by atoms with E-state index in [-0.39, 0.29) is 0 Å². The summed E-state index contributed by atoms with van der Waals surface area (Å²) in [6.07, 6.45) is 7.30. The van der Waals surface area contributed by atoms with Crippen molar-refractivity contribution in [2.75, 3.05) is 33.2 Å². The first kappa shape index (κ1) is 18.4. The van der Waals surface area contributed by atoms with Crippen LogP contribution in [-0.4, -0.2) is 55.0 Å². The van der Waals surface area contributed by atoms with E-state index in [0.29, 0.717) is 24.3 Å². The van der Waals surface area contributed by atoms with E-state index in [2.05, 4.69) is 30.7 Å². The highest BCUT2D eigenvalue weighted by molar-refractivity contribution is 5.76. The van der Waals surface area contributed by atoms with Gasteiger partial charge < -0.3 is 15.5 Å². The second kappa shape index (κ2) is 10.2. The van der Waals surface area contributed by atoms with Crippen LogP contribution in [-0.2, 0) is 4.79 Å². The lowest BCUT2D eigenvalue weighted by Crippen LogP contribution is -2.43. The van der Waals surface area contributed by atoms with Crippen molar-refractivity contribution < 1.29 is 4.79 Å². The molecule has 0 bridgehead atoms. The number of amides is 1. The molecule has 1 amide bonds. The molecule has 124 valence electrons. The molecule has 1 saturated heterocycles. The number of nitrogens with zero attached hydrogens (tertiary/aromatic N) is 2. The molecule has 2 unspecified atom stereocenters. The van der Waals surface area contributed by atoms with E-state index in [1.165, 1.54) is 12.8 Å². The minimum Gasteiger partial charge on any atom is -0.338 e. The van der Waals surface area contributed by atoms with E-state index in [1.807, 2.05) is 0 Å². The van der Waals surface area contributed by atoms with Crippen molar-refractivity contribution in [3.05, 3.63) is 0 Å². The van der Waals surface area contributed by atoms with Gasteiger partial charge >= 0.3 is 0 Å². The van der Waals surface area contributed by atoms with Gasteiger partial charge in [-0.05, 0) is 51.7 Å². The van der Waals surface area contributed by atoms with E-state index in [9.17, 15) is 4.79 Å². The Morgan fingerprint density at radius 2 is 2.00 bits per heavy atom. The molecule has 21 heavy (non-hydrogen) atoms. The molecule has 4 nitrogen and oxygen atoms in total. The Hall–Kier alpha value is -0.610. The summed E-state index contributed by atoms with van der Waals surface area (Å²) < 4.78 is 0. The number of carbonyl (C=O) groups is 1. The van der Waals surface area contributed by atoms with Crippen LogP contribution < -0.4 is 5.73 Å². The van der Waals surface area contributed by atoms with Crippen molar-refractivity contribution in [3.63, 3.8) is 0 Å². The molecule has 4 heteroatoms. The topological polar surface area (TPSA) is 49.6 Å². The SMILES string of the molecule is CCCC(CCN)CCC(=O)N1CCCN(C)CC1CC. The van der Waals surface area contributed by atoms with E-state index < -0.39 is 0 Å². The Morgan fingerprint density at radius 3 is 2.62 bits per heavy atom. The summed E-state index contributed by atoms with van der Waals surface area (Å²) in [4.78, 5) is 17.1. The highest BCUT2D eigenvalue weighted by Gasteiger charge is 2.26. The lowest BCUT2D eigenvalue weighted by Gasteiger charge is -2.31. The minimum absolute atomic E-state index is 0.357. The molecule has 0 radical (unpaired) electrons. The molecule has 0 saturated carbocycles. The Bertz CT molecular complexity index is 290. The van der Waals surface area contributed by atoms with Gasteiger partial charge in [0.1, 0.15) is 0 Å². The van der Waals surface area contributed by atoms with Crippen molar-refractivity contribution in [3.8, 4) is 0 Å². The first-order valence-corrected chi connectivity index (χ1v) is 8.80. The van der Waals surface area contributed by atoms with Crippen LogP contribution >= 0.6 is 0 Å². The predicted molar refractivity (Wildman–Crippen MR) is 89.2 cm³/mol. The Morgan fingerprint density at radius 1 is 1.24 bits per heavy atom. The maximum absolute atomic E-state index is 12.6. The van der Waals surface area contributed by atoms with Crippen LogP contribution in [0.4, 0.5) is 0 Å². The Labute approximate surface area is 131 Å². The number of nitrogens with two attached hydrogens (primary N) is 1. The average Bonchev–Trinajstić information content (AvgIpc) is 2.66. The second-order valence-corrected chi connectivity index (χ2v) is 6.54. The van der Waals surface area contributed by atoms with Crippen LogP contribution in [0.3, 0.4) is 0 Å². The van der Waals surface area contributed by atoms with Crippen LogP contribution in [0.5, 0.6) is 0 Å². The molecule has 1 fully saturated rings. The fourth-order valence-electron chi connectivity index (χ4n) is 3.47. The van der Waals surface area contributed by atoms with Crippen LogP contribution in [0.25, 0.3) is 0 Å². The highest BCUT2D eigenvalue weighted by atomic mass is 16.2. The van der Waals surface area contributed by atoms with Gasteiger partial charge in [-0.3, -0.25) is 4.79 Å². The van der Waals surface area contributed by atoms with Gasteiger partial charge in [0.2, 0.25) is 5.91 Å².